The topological polar surface area (TPSA) is 86.1 Å². The maximum absolute atomic E-state index is 13.8. The average Bonchev–Trinajstić information content (AvgIpc) is 2.90. The number of benzene rings is 4. The molecule has 0 aliphatic rings. The van der Waals surface area contributed by atoms with E-state index in [2.05, 4.69) is 22.0 Å². The lowest BCUT2D eigenvalue weighted by molar-refractivity contribution is 0.596. The molecule has 0 fully saturated rings. The maximum Gasteiger partial charge on any atom is 0.275 e. The molecule has 0 spiro atoms. The number of anilines is 1. The van der Waals surface area contributed by atoms with E-state index in [0.717, 1.165) is 15.4 Å². The summed E-state index contributed by atoms with van der Waals surface area (Å²) >= 11 is 0. The van der Waals surface area contributed by atoms with Crippen molar-refractivity contribution in [1.82, 2.24) is 0 Å². The van der Waals surface area contributed by atoms with Crippen LogP contribution >= 0.6 is 0 Å². The molecule has 0 saturated carbocycles. The van der Waals surface area contributed by atoms with Crippen molar-refractivity contribution in [3.63, 3.8) is 0 Å². The molecule has 4 rings (SSSR count). The van der Waals surface area contributed by atoms with Gasteiger partial charge in [0.15, 0.2) is 0 Å². The Morgan fingerprint density at radius 3 is 2.25 bits per heavy atom. The van der Waals surface area contributed by atoms with Crippen molar-refractivity contribution in [1.29, 1.82) is 0 Å². The van der Waals surface area contributed by atoms with Gasteiger partial charge in [-0.05, 0) is 48.2 Å². The van der Waals surface area contributed by atoms with E-state index in [1.807, 2.05) is 61.5 Å². The van der Waals surface area contributed by atoms with E-state index in [-0.39, 0.29) is 4.90 Å². The van der Waals surface area contributed by atoms with E-state index in [1.165, 1.54) is 0 Å². The number of rotatable bonds is 6. The summed E-state index contributed by atoms with van der Waals surface area (Å²) in [5, 5.41) is 3.67. The zero-order chi connectivity index (χ0) is 25.4. The van der Waals surface area contributed by atoms with Crippen molar-refractivity contribution in [3.05, 3.63) is 136 Å². The SMILES string of the molecule is Cc1ccc(S(=O)(=O)N(C#Cc2ccccc2N=[N+]=[N-])c2ccccc2/C=C\c2ccccc2)cc1. The highest BCUT2D eigenvalue weighted by Crippen LogP contribution is 2.29. The Morgan fingerprint density at radius 1 is 0.833 bits per heavy atom. The molecule has 0 heterocycles. The van der Waals surface area contributed by atoms with Gasteiger partial charge in [0.1, 0.15) is 0 Å². The summed E-state index contributed by atoms with van der Waals surface area (Å²) in [7, 11) is -4.05. The van der Waals surface area contributed by atoms with Gasteiger partial charge in [-0.2, -0.15) is 4.31 Å². The molecule has 36 heavy (non-hydrogen) atoms. The fourth-order valence-corrected chi connectivity index (χ4v) is 4.74. The summed E-state index contributed by atoms with van der Waals surface area (Å²) in [6, 6.07) is 33.1. The summed E-state index contributed by atoms with van der Waals surface area (Å²) in [5.41, 5.74) is 12.6. The minimum absolute atomic E-state index is 0.118. The van der Waals surface area contributed by atoms with Gasteiger partial charge in [0.2, 0.25) is 0 Å². The van der Waals surface area contributed by atoms with E-state index in [1.54, 1.807) is 60.7 Å². The molecule has 0 aliphatic carbocycles. The van der Waals surface area contributed by atoms with Crippen LogP contribution in [0.2, 0.25) is 0 Å². The average molecular weight is 491 g/mol. The second kappa shape index (κ2) is 11.1. The summed E-state index contributed by atoms with van der Waals surface area (Å²) in [4.78, 5) is 2.96. The fraction of sp³-hybridized carbons (Fsp3) is 0.0345. The predicted molar refractivity (Wildman–Crippen MR) is 145 cm³/mol. The largest absolute Gasteiger partial charge is 0.275 e. The zero-order valence-corrected chi connectivity index (χ0v) is 20.3. The first-order valence-electron chi connectivity index (χ1n) is 11.1. The summed E-state index contributed by atoms with van der Waals surface area (Å²) < 4.78 is 28.7. The van der Waals surface area contributed by atoms with Gasteiger partial charge in [0.05, 0.1) is 16.3 Å². The highest BCUT2D eigenvalue weighted by Gasteiger charge is 2.25. The first-order valence-corrected chi connectivity index (χ1v) is 12.5. The predicted octanol–water partition coefficient (Wildman–Crippen LogP) is 7.31. The first-order chi connectivity index (χ1) is 17.5. The van der Waals surface area contributed by atoms with Crippen molar-refractivity contribution in [2.45, 2.75) is 11.8 Å². The van der Waals surface area contributed by atoms with Crippen LogP contribution in [0.25, 0.3) is 22.6 Å². The summed E-state index contributed by atoms with van der Waals surface area (Å²) in [6.07, 6.45) is 3.78. The second-order valence-electron chi connectivity index (χ2n) is 7.83. The van der Waals surface area contributed by atoms with E-state index in [0.29, 0.717) is 22.5 Å². The van der Waals surface area contributed by atoms with Crippen LogP contribution in [-0.4, -0.2) is 8.42 Å². The summed E-state index contributed by atoms with van der Waals surface area (Å²) in [5.74, 6) is 2.89. The number of para-hydroxylation sites is 1. The summed E-state index contributed by atoms with van der Waals surface area (Å²) in [6.45, 7) is 1.89. The van der Waals surface area contributed by atoms with Gasteiger partial charge < -0.3 is 0 Å². The minimum Gasteiger partial charge on any atom is -0.200 e. The van der Waals surface area contributed by atoms with Gasteiger partial charge in [-0.3, -0.25) is 0 Å². The molecule has 0 N–H and O–H groups in total. The van der Waals surface area contributed by atoms with Crippen LogP contribution in [0.15, 0.2) is 113 Å². The van der Waals surface area contributed by atoms with Crippen LogP contribution in [0, 0.1) is 18.9 Å². The fourth-order valence-electron chi connectivity index (χ4n) is 3.45. The van der Waals surface area contributed by atoms with Crippen LogP contribution < -0.4 is 4.31 Å². The minimum atomic E-state index is -4.05. The molecule has 0 unspecified atom stereocenters. The Bertz CT molecular complexity index is 1610. The van der Waals surface area contributed by atoms with Crippen LogP contribution in [0.3, 0.4) is 0 Å². The first kappa shape index (κ1) is 24.4. The van der Waals surface area contributed by atoms with Gasteiger partial charge in [-0.15, -0.1) is 0 Å². The quantitative estimate of drug-likeness (QED) is 0.0708. The number of sulfonamides is 1. The smallest absolute Gasteiger partial charge is 0.200 e. The molecule has 0 aromatic heterocycles. The second-order valence-corrected chi connectivity index (χ2v) is 9.62. The molecule has 4 aromatic rings. The van der Waals surface area contributed by atoms with Gasteiger partial charge in [0, 0.05) is 22.1 Å². The van der Waals surface area contributed by atoms with Crippen LogP contribution in [0.1, 0.15) is 22.3 Å². The monoisotopic (exact) mass is 490 g/mol. The molecule has 6 nitrogen and oxygen atoms in total. The molecule has 0 atom stereocenters. The van der Waals surface area contributed by atoms with Gasteiger partial charge >= 0.3 is 0 Å². The highest BCUT2D eigenvalue weighted by atomic mass is 32.2. The number of hydrogen-bond donors (Lipinski definition) is 0. The molecule has 0 saturated heterocycles. The normalized spacial score (nSPS) is 10.8. The molecule has 0 amide bonds. The zero-order valence-electron chi connectivity index (χ0n) is 19.5. The van der Waals surface area contributed by atoms with E-state index in [9.17, 15) is 8.42 Å². The Kier molecular flexibility index (Phi) is 7.52. The number of azide groups is 1. The third-order valence-electron chi connectivity index (χ3n) is 5.32. The lowest BCUT2D eigenvalue weighted by atomic mass is 10.1. The Balaban J connectivity index is 1.87. The Hall–Kier alpha value is -4.76. The molecular formula is C29H22N4O2S. The van der Waals surface area contributed by atoms with Gasteiger partial charge in [-0.25, -0.2) is 8.42 Å². The Labute approximate surface area is 210 Å². The molecule has 4 aromatic carbocycles. The maximum atomic E-state index is 13.8. The lowest BCUT2D eigenvalue weighted by Crippen LogP contribution is -2.27. The molecule has 0 bridgehead atoms. The third kappa shape index (κ3) is 5.65. The molecule has 7 heteroatoms. The van der Waals surface area contributed by atoms with Gasteiger partial charge in [-0.1, -0.05) is 102 Å². The van der Waals surface area contributed by atoms with Crippen molar-refractivity contribution >= 4 is 33.6 Å². The number of nitrogens with zero attached hydrogens (tertiary/aromatic N) is 4. The van der Waals surface area contributed by atoms with Crippen molar-refractivity contribution in [3.8, 4) is 12.0 Å². The number of hydrogen-bond acceptors (Lipinski definition) is 3. The van der Waals surface area contributed by atoms with Crippen molar-refractivity contribution in [2.75, 3.05) is 4.31 Å². The van der Waals surface area contributed by atoms with E-state index < -0.39 is 10.0 Å². The van der Waals surface area contributed by atoms with Crippen LogP contribution in [0.4, 0.5) is 11.4 Å². The van der Waals surface area contributed by atoms with Crippen LogP contribution in [-0.2, 0) is 10.0 Å². The van der Waals surface area contributed by atoms with Crippen molar-refractivity contribution < 1.29 is 8.42 Å². The molecular weight excluding hydrogens is 468 g/mol. The highest BCUT2D eigenvalue weighted by molar-refractivity contribution is 7.93. The number of aryl methyl sites for hydroxylation is 1. The van der Waals surface area contributed by atoms with Crippen LogP contribution in [0.5, 0.6) is 0 Å². The van der Waals surface area contributed by atoms with Gasteiger partial charge in [0.25, 0.3) is 10.0 Å². The third-order valence-corrected chi connectivity index (χ3v) is 6.95. The lowest BCUT2D eigenvalue weighted by Gasteiger charge is -2.20. The van der Waals surface area contributed by atoms with E-state index in [4.69, 9.17) is 5.53 Å². The Morgan fingerprint density at radius 2 is 1.50 bits per heavy atom. The molecule has 0 aliphatic heterocycles. The van der Waals surface area contributed by atoms with E-state index >= 15 is 0 Å². The standard InChI is InChI=1S/C29H22N4O2S/c1-23-15-19-27(20-16-23)36(34,35)33(22-21-25-11-5-7-13-28(25)31-32-30)29-14-8-6-12-26(29)18-17-24-9-3-2-4-10-24/h2-20H,1H3/b18-17-. The molecule has 0 radical (unpaired) electrons. The molecule has 176 valence electrons. The van der Waals surface area contributed by atoms with Crippen molar-refractivity contribution in [2.24, 2.45) is 5.11 Å².